The second-order valence-electron chi connectivity index (χ2n) is 6.47. The molecule has 0 aliphatic rings. The standard InChI is InChI=1S/C20H38O5/c1-3-5-7-9-10-12-14-16-25-20(22)18-23-17-19(21)24-15-13-11-8-6-4-2/h3-18H2,1-2H3. The SMILES string of the molecule is CCCCCCCCCOC(=O)COCC(=O)OCCCCCCC. The summed E-state index contributed by atoms with van der Waals surface area (Å²) in [5.74, 6) is -0.839. The van der Waals surface area contributed by atoms with Crippen LogP contribution in [0.4, 0.5) is 0 Å². The molecule has 0 saturated heterocycles. The Kier molecular flexibility index (Phi) is 18.4. The highest BCUT2D eigenvalue weighted by Crippen LogP contribution is 2.07. The van der Waals surface area contributed by atoms with Gasteiger partial charge in [0.1, 0.15) is 13.2 Å². The van der Waals surface area contributed by atoms with Crippen molar-refractivity contribution in [3.05, 3.63) is 0 Å². The van der Waals surface area contributed by atoms with E-state index in [2.05, 4.69) is 13.8 Å². The monoisotopic (exact) mass is 358 g/mol. The maximum atomic E-state index is 11.5. The van der Waals surface area contributed by atoms with Crippen molar-refractivity contribution in [2.24, 2.45) is 0 Å². The number of ether oxygens (including phenoxy) is 3. The molecule has 0 aromatic rings. The Bertz CT molecular complexity index is 317. The molecule has 0 rings (SSSR count). The van der Waals surface area contributed by atoms with Gasteiger partial charge in [0, 0.05) is 0 Å². The molecule has 0 amide bonds. The normalized spacial score (nSPS) is 10.6. The van der Waals surface area contributed by atoms with Gasteiger partial charge in [0.15, 0.2) is 0 Å². The number of unbranched alkanes of at least 4 members (excludes halogenated alkanes) is 10. The Morgan fingerprint density at radius 2 is 0.920 bits per heavy atom. The topological polar surface area (TPSA) is 61.8 Å². The predicted octanol–water partition coefficient (Wildman–Crippen LogP) is 4.81. The summed E-state index contributed by atoms with van der Waals surface area (Å²) in [6.07, 6.45) is 13.8. The molecule has 25 heavy (non-hydrogen) atoms. The Hall–Kier alpha value is -1.10. The Morgan fingerprint density at radius 1 is 0.560 bits per heavy atom. The summed E-state index contributed by atoms with van der Waals surface area (Å²) in [5.41, 5.74) is 0. The third-order valence-electron chi connectivity index (χ3n) is 3.96. The van der Waals surface area contributed by atoms with Gasteiger partial charge in [0.2, 0.25) is 0 Å². The number of hydrogen-bond acceptors (Lipinski definition) is 5. The quantitative estimate of drug-likeness (QED) is 0.260. The fourth-order valence-electron chi connectivity index (χ4n) is 2.44. The van der Waals surface area contributed by atoms with Crippen LogP contribution in [-0.2, 0) is 23.8 Å². The van der Waals surface area contributed by atoms with Gasteiger partial charge in [-0.1, -0.05) is 78.1 Å². The highest BCUT2D eigenvalue weighted by Gasteiger charge is 2.07. The zero-order chi connectivity index (χ0) is 18.6. The van der Waals surface area contributed by atoms with Crippen LogP contribution in [0.25, 0.3) is 0 Å². The van der Waals surface area contributed by atoms with Crippen molar-refractivity contribution in [1.82, 2.24) is 0 Å². The van der Waals surface area contributed by atoms with Crippen LogP contribution in [0.5, 0.6) is 0 Å². The molecule has 0 radical (unpaired) electrons. The molecule has 0 heterocycles. The number of hydrogen-bond donors (Lipinski definition) is 0. The Balaban J connectivity index is 3.32. The van der Waals surface area contributed by atoms with Gasteiger partial charge in [0.05, 0.1) is 13.2 Å². The molecule has 0 atom stereocenters. The first kappa shape index (κ1) is 23.9. The van der Waals surface area contributed by atoms with E-state index in [1.807, 2.05) is 0 Å². The summed E-state index contributed by atoms with van der Waals surface area (Å²) in [6, 6.07) is 0. The maximum Gasteiger partial charge on any atom is 0.332 e. The first-order valence-corrected chi connectivity index (χ1v) is 10.1. The van der Waals surface area contributed by atoms with Crippen LogP contribution in [0.3, 0.4) is 0 Å². The van der Waals surface area contributed by atoms with Crippen LogP contribution in [0.2, 0.25) is 0 Å². The maximum absolute atomic E-state index is 11.5. The third-order valence-corrected chi connectivity index (χ3v) is 3.96. The van der Waals surface area contributed by atoms with Gasteiger partial charge in [0.25, 0.3) is 0 Å². The van der Waals surface area contributed by atoms with Crippen LogP contribution in [0, 0.1) is 0 Å². The minimum absolute atomic E-state index is 0.192. The molecule has 0 fully saturated rings. The lowest BCUT2D eigenvalue weighted by Crippen LogP contribution is -2.19. The van der Waals surface area contributed by atoms with E-state index in [1.165, 1.54) is 51.4 Å². The molecule has 0 aromatic heterocycles. The molecule has 0 N–H and O–H groups in total. The molecule has 0 aliphatic carbocycles. The second kappa shape index (κ2) is 19.2. The molecule has 0 spiro atoms. The predicted molar refractivity (Wildman–Crippen MR) is 99.5 cm³/mol. The zero-order valence-corrected chi connectivity index (χ0v) is 16.4. The number of carbonyl (C=O) groups excluding carboxylic acids is 2. The van der Waals surface area contributed by atoms with Crippen molar-refractivity contribution in [2.45, 2.75) is 90.9 Å². The van der Waals surface area contributed by atoms with Gasteiger partial charge in [-0.15, -0.1) is 0 Å². The lowest BCUT2D eigenvalue weighted by Gasteiger charge is -2.07. The molecular formula is C20H38O5. The van der Waals surface area contributed by atoms with E-state index >= 15 is 0 Å². The summed E-state index contributed by atoms with van der Waals surface area (Å²) in [7, 11) is 0. The Labute approximate surface area is 153 Å². The van der Waals surface area contributed by atoms with Crippen molar-refractivity contribution >= 4 is 11.9 Å². The lowest BCUT2D eigenvalue weighted by atomic mass is 10.1. The first-order chi connectivity index (χ1) is 12.2. The van der Waals surface area contributed by atoms with E-state index in [0.717, 1.165) is 25.7 Å². The van der Waals surface area contributed by atoms with Crippen LogP contribution in [-0.4, -0.2) is 38.4 Å². The zero-order valence-electron chi connectivity index (χ0n) is 16.4. The highest BCUT2D eigenvalue weighted by atomic mass is 16.6. The molecule has 0 aromatic carbocycles. The molecule has 5 nitrogen and oxygen atoms in total. The smallest absolute Gasteiger partial charge is 0.332 e. The van der Waals surface area contributed by atoms with E-state index in [0.29, 0.717) is 13.2 Å². The van der Waals surface area contributed by atoms with Crippen molar-refractivity contribution in [1.29, 1.82) is 0 Å². The number of rotatable bonds is 18. The molecule has 5 heteroatoms. The highest BCUT2D eigenvalue weighted by molar-refractivity contribution is 5.73. The summed E-state index contributed by atoms with van der Waals surface area (Å²) in [5, 5.41) is 0. The van der Waals surface area contributed by atoms with Crippen LogP contribution in [0.1, 0.15) is 90.9 Å². The number of esters is 2. The summed E-state index contributed by atoms with van der Waals surface area (Å²) in [4.78, 5) is 22.9. The summed E-state index contributed by atoms with van der Waals surface area (Å²) in [6.45, 7) is 4.84. The van der Waals surface area contributed by atoms with Gasteiger partial charge < -0.3 is 14.2 Å². The Morgan fingerprint density at radius 3 is 1.32 bits per heavy atom. The van der Waals surface area contributed by atoms with Crippen LogP contribution in [0.15, 0.2) is 0 Å². The van der Waals surface area contributed by atoms with E-state index in [1.54, 1.807) is 0 Å². The minimum Gasteiger partial charge on any atom is -0.464 e. The summed E-state index contributed by atoms with van der Waals surface area (Å²) < 4.78 is 15.1. The largest absolute Gasteiger partial charge is 0.464 e. The van der Waals surface area contributed by atoms with Gasteiger partial charge in [-0.05, 0) is 12.8 Å². The first-order valence-electron chi connectivity index (χ1n) is 10.1. The molecule has 0 bridgehead atoms. The van der Waals surface area contributed by atoms with Crippen molar-refractivity contribution in [3.63, 3.8) is 0 Å². The van der Waals surface area contributed by atoms with Crippen LogP contribution < -0.4 is 0 Å². The van der Waals surface area contributed by atoms with Gasteiger partial charge in [-0.25, -0.2) is 9.59 Å². The average molecular weight is 359 g/mol. The van der Waals surface area contributed by atoms with E-state index in [9.17, 15) is 9.59 Å². The van der Waals surface area contributed by atoms with Gasteiger partial charge in [-0.3, -0.25) is 0 Å². The minimum atomic E-state index is -0.421. The van der Waals surface area contributed by atoms with E-state index in [4.69, 9.17) is 14.2 Å². The fourth-order valence-corrected chi connectivity index (χ4v) is 2.44. The average Bonchev–Trinajstić information content (AvgIpc) is 2.60. The van der Waals surface area contributed by atoms with Crippen molar-refractivity contribution in [2.75, 3.05) is 26.4 Å². The number of carbonyl (C=O) groups is 2. The van der Waals surface area contributed by atoms with Crippen molar-refractivity contribution < 1.29 is 23.8 Å². The molecule has 148 valence electrons. The van der Waals surface area contributed by atoms with Crippen molar-refractivity contribution in [3.8, 4) is 0 Å². The molecular weight excluding hydrogens is 320 g/mol. The van der Waals surface area contributed by atoms with E-state index in [-0.39, 0.29) is 13.2 Å². The molecule has 0 unspecified atom stereocenters. The van der Waals surface area contributed by atoms with Crippen LogP contribution >= 0.6 is 0 Å². The van der Waals surface area contributed by atoms with Gasteiger partial charge >= 0.3 is 11.9 Å². The fraction of sp³-hybridized carbons (Fsp3) is 0.900. The molecule has 0 aliphatic heterocycles. The summed E-state index contributed by atoms with van der Waals surface area (Å²) >= 11 is 0. The second-order valence-corrected chi connectivity index (χ2v) is 6.47. The molecule has 0 saturated carbocycles. The third kappa shape index (κ3) is 19.1. The lowest BCUT2D eigenvalue weighted by molar-refractivity contribution is -0.155. The van der Waals surface area contributed by atoms with E-state index < -0.39 is 11.9 Å². The van der Waals surface area contributed by atoms with Gasteiger partial charge in [-0.2, -0.15) is 0 Å².